The first-order chi connectivity index (χ1) is 11.3. The Kier molecular flexibility index (Phi) is 5.99. The van der Waals surface area contributed by atoms with Crippen molar-refractivity contribution in [1.29, 1.82) is 0 Å². The molecule has 132 valence electrons. The number of ether oxygens (including phenoxy) is 3. The second kappa shape index (κ2) is 7.79. The second-order valence-electron chi connectivity index (χ2n) is 6.26. The first kappa shape index (κ1) is 18.4. The normalized spacial score (nSPS) is 13.8. The summed E-state index contributed by atoms with van der Waals surface area (Å²) in [5, 5.41) is 0. The van der Waals surface area contributed by atoms with Crippen molar-refractivity contribution < 1.29 is 23.8 Å². The molecule has 7 heteroatoms. The molecular formula is C17H23NO5S. The van der Waals surface area contributed by atoms with E-state index in [1.807, 2.05) is 39.0 Å². The average molecular weight is 353 g/mol. The van der Waals surface area contributed by atoms with Gasteiger partial charge in [-0.05, 0) is 32.9 Å². The first-order valence-corrected chi connectivity index (χ1v) is 8.76. The van der Waals surface area contributed by atoms with Crippen LogP contribution in [0.5, 0.6) is 5.75 Å². The summed E-state index contributed by atoms with van der Waals surface area (Å²) in [4.78, 5) is 26.1. The number of carbonyl (C=O) groups is 2. The minimum Gasteiger partial charge on any atom is -0.488 e. The Morgan fingerprint density at radius 1 is 1.33 bits per heavy atom. The van der Waals surface area contributed by atoms with Gasteiger partial charge in [0.05, 0.1) is 30.7 Å². The topological polar surface area (TPSA) is 65.1 Å². The Balaban J connectivity index is 2.14. The van der Waals surface area contributed by atoms with Gasteiger partial charge in [-0.1, -0.05) is 6.07 Å². The van der Waals surface area contributed by atoms with Crippen LogP contribution in [0.25, 0.3) is 0 Å². The van der Waals surface area contributed by atoms with Crippen molar-refractivity contribution in [2.45, 2.75) is 37.7 Å². The van der Waals surface area contributed by atoms with E-state index >= 15 is 0 Å². The number of esters is 1. The van der Waals surface area contributed by atoms with Crippen LogP contribution in [0.4, 0.5) is 10.5 Å². The highest BCUT2D eigenvalue weighted by molar-refractivity contribution is 7.99. The third kappa shape index (κ3) is 4.80. The van der Waals surface area contributed by atoms with Crippen molar-refractivity contribution >= 4 is 29.5 Å². The van der Waals surface area contributed by atoms with Gasteiger partial charge in [0.15, 0.2) is 5.75 Å². The zero-order chi connectivity index (χ0) is 17.7. The fraction of sp³-hybridized carbons (Fsp3) is 0.529. The molecule has 6 nitrogen and oxygen atoms in total. The summed E-state index contributed by atoms with van der Waals surface area (Å²) in [6.45, 7) is 6.36. The highest BCUT2D eigenvalue weighted by atomic mass is 32.2. The lowest BCUT2D eigenvalue weighted by Gasteiger charge is -2.32. The summed E-state index contributed by atoms with van der Waals surface area (Å²) in [5.41, 5.74) is 0.140. The average Bonchev–Trinajstić information content (AvgIpc) is 2.52. The van der Waals surface area contributed by atoms with Gasteiger partial charge in [-0.15, -0.1) is 11.8 Å². The molecule has 2 rings (SSSR count). The lowest BCUT2D eigenvalue weighted by Crippen LogP contribution is -2.41. The maximum absolute atomic E-state index is 12.4. The molecule has 0 aliphatic carbocycles. The number of carbonyl (C=O) groups excluding carboxylic acids is 2. The van der Waals surface area contributed by atoms with Crippen LogP contribution in [0.15, 0.2) is 23.1 Å². The largest absolute Gasteiger partial charge is 0.488 e. The molecule has 0 unspecified atom stereocenters. The van der Waals surface area contributed by atoms with Gasteiger partial charge in [-0.2, -0.15) is 0 Å². The van der Waals surface area contributed by atoms with Crippen LogP contribution < -0.4 is 9.64 Å². The maximum Gasteiger partial charge on any atom is 0.415 e. The fourth-order valence-electron chi connectivity index (χ4n) is 2.19. The van der Waals surface area contributed by atoms with Gasteiger partial charge in [-0.25, -0.2) is 4.79 Å². The van der Waals surface area contributed by atoms with Crippen LogP contribution in [0.3, 0.4) is 0 Å². The molecule has 0 radical (unpaired) electrons. The van der Waals surface area contributed by atoms with Crippen molar-refractivity contribution in [2.75, 3.05) is 30.9 Å². The van der Waals surface area contributed by atoms with E-state index < -0.39 is 5.60 Å². The number of para-hydroxylation sites is 1. The SMILES string of the molecule is COC(=O)CCSc1cccc2c1OCCN2C(=O)OC(C)(C)C. The molecule has 0 bridgehead atoms. The quantitative estimate of drug-likeness (QED) is 0.610. The lowest BCUT2D eigenvalue weighted by molar-refractivity contribution is -0.140. The minimum atomic E-state index is -0.553. The molecule has 24 heavy (non-hydrogen) atoms. The number of thioether (sulfide) groups is 1. The minimum absolute atomic E-state index is 0.247. The fourth-order valence-corrected chi connectivity index (χ4v) is 3.15. The number of anilines is 1. The predicted octanol–water partition coefficient (Wildman–Crippen LogP) is 3.48. The van der Waals surface area contributed by atoms with Crippen molar-refractivity contribution in [2.24, 2.45) is 0 Å². The Hall–Kier alpha value is -1.89. The number of hydrogen-bond acceptors (Lipinski definition) is 6. The monoisotopic (exact) mass is 353 g/mol. The number of nitrogens with zero attached hydrogens (tertiary/aromatic N) is 1. The number of rotatable bonds is 4. The Labute approximate surface area is 146 Å². The van der Waals surface area contributed by atoms with E-state index in [0.29, 0.717) is 36.8 Å². The van der Waals surface area contributed by atoms with Crippen molar-refractivity contribution in [3.05, 3.63) is 18.2 Å². The van der Waals surface area contributed by atoms with Crippen LogP contribution in [0.2, 0.25) is 0 Å². The Morgan fingerprint density at radius 3 is 2.75 bits per heavy atom. The van der Waals surface area contributed by atoms with Gasteiger partial charge in [0.1, 0.15) is 12.2 Å². The predicted molar refractivity (Wildman–Crippen MR) is 92.9 cm³/mol. The van der Waals surface area contributed by atoms with Gasteiger partial charge in [0.25, 0.3) is 0 Å². The molecule has 1 amide bonds. The number of hydrogen-bond donors (Lipinski definition) is 0. The van der Waals surface area contributed by atoms with Gasteiger partial charge in [0.2, 0.25) is 0 Å². The molecule has 0 saturated heterocycles. The van der Waals surface area contributed by atoms with Gasteiger partial charge in [0, 0.05) is 5.75 Å². The molecule has 1 heterocycles. The van der Waals surface area contributed by atoms with E-state index in [-0.39, 0.29) is 12.1 Å². The highest BCUT2D eigenvalue weighted by Gasteiger charge is 2.29. The lowest BCUT2D eigenvalue weighted by atomic mass is 10.2. The summed E-state index contributed by atoms with van der Waals surface area (Å²) in [5.74, 6) is 0.993. The Morgan fingerprint density at radius 2 is 2.08 bits per heavy atom. The number of methoxy groups -OCH3 is 1. The van der Waals surface area contributed by atoms with Crippen LogP contribution in [0.1, 0.15) is 27.2 Å². The molecule has 0 fully saturated rings. The van der Waals surface area contributed by atoms with E-state index in [0.717, 1.165) is 4.90 Å². The highest BCUT2D eigenvalue weighted by Crippen LogP contribution is 2.40. The van der Waals surface area contributed by atoms with Crippen LogP contribution >= 0.6 is 11.8 Å². The van der Waals surface area contributed by atoms with E-state index in [2.05, 4.69) is 4.74 Å². The number of amides is 1. The van der Waals surface area contributed by atoms with E-state index in [4.69, 9.17) is 9.47 Å². The maximum atomic E-state index is 12.4. The molecule has 1 aromatic rings. The van der Waals surface area contributed by atoms with E-state index in [1.54, 1.807) is 4.90 Å². The van der Waals surface area contributed by atoms with Crippen LogP contribution in [-0.4, -0.2) is 43.7 Å². The van der Waals surface area contributed by atoms with Gasteiger partial charge < -0.3 is 14.2 Å². The zero-order valence-corrected chi connectivity index (χ0v) is 15.3. The van der Waals surface area contributed by atoms with Crippen LogP contribution in [0, 0.1) is 0 Å². The van der Waals surface area contributed by atoms with E-state index in [1.165, 1.54) is 18.9 Å². The smallest absolute Gasteiger partial charge is 0.415 e. The second-order valence-corrected chi connectivity index (χ2v) is 7.40. The summed E-state index contributed by atoms with van der Waals surface area (Å²) in [7, 11) is 1.37. The molecular weight excluding hydrogens is 330 g/mol. The third-order valence-electron chi connectivity index (χ3n) is 3.22. The molecule has 0 N–H and O–H groups in total. The van der Waals surface area contributed by atoms with Crippen molar-refractivity contribution in [1.82, 2.24) is 0 Å². The standard InChI is InChI=1S/C17H23NO5S/c1-17(2,3)23-16(20)18-9-10-22-15-12(18)6-5-7-13(15)24-11-8-14(19)21-4/h5-7H,8-11H2,1-4H3. The molecule has 1 aromatic carbocycles. The zero-order valence-electron chi connectivity index (χ0n) is 14.5. The molecule has 0 aromatic heterocycles. The van der Waals surface area contributed by atoms with E-state index in [9.17, 15) is 9.59 Å². The van der Waals surface area contributed by atoms with Crippen molar-refractivity contribution in [3.63, 3.8) is 0 Å². The molecule has 1 aliphatic rings. The van der Waals surface area contributed by atoms with Crippen molar-refractivity contribution in [3.8, 4) is 5.75 Å². The summed E-state index contributed by atoms with van der Waals surface area (Å²) >= 11 is 1.50. The summed E-state index contributed by atoms with van der Waals surface area (Å²) < 4.78 is 15.9. The molecule has 0 spiro atoms. The molecule has 0 atom stereocenters. The number of benzene rings is 1. The van der Waals surface area contributed by atoms with Gasteiger partial charge >= 0.3 is 12.1 Å². The van der Waals surface area contributed by atoms with Crippen LogP contribution in [-0.2, 0) is 14.3 Å². The number of fused-ring (bicyclic) bond motifs is 1. The molecule has 1 aliphatic heterocycles. The molecule has 0 saturated carbocycles. The third-order valence-corrected chi connectivity index (χ3v) is 4.26. The van der Waals surface area contributed by atoms with Gasteiger partial charge in [-0.3, -0.25) is 9.69 Å². The summed E-state index contributed by atoms with van der Waals surface area (Å²) in [6, 6.07) is 5.62. The first-order valence-electron chi connectivity index (χ1n) is 7.78. The Bertz CT molecular complexity index is 611. The summed E-state index contributed by atoms with van der Waals surface area (Å²) in [6.07, 6.45) is -0.0654.